The molecule has 0 N–H and O–H groups in total. The van der Waals surface area contributed by atoms with Crippen LogP contribution < -0.4 is 0 Å². The fourth-order valence-electron chi connectivity index (χ4n) is 3.39. The molecule has 0 saturated carbocycles. The number of halogens is 1. The van der Waals surface area contributed by atoms with E-state index < -0.39 is 0 Å². The summed E-state index contributed by atoms with van der Waals surface area (Å²) in [6.07, 6.45) is 4.88. The van der Waals surface area contributed by atoms with E-state index >= 15 is 0 Å². The van der Waals surface area contributed by atoms with Crippen LogP contribution in [0.25, 0.3) is 5.65 Å². The summed E-state index contributed by atoms with van der Waals surface area (Å²) in [5, 5.41) is 0.626. The zero-order chi connectivity index (χ0) is 16.0. The highest BCUT2D eigenvalue weighted by Gasteiger charge is 2.51. The molecule has 1 amide bonds. The number of hydrogen-bond acceptors (Lipinski definition) is 4. The van der Waals surface area contributed by atoms with Gasteiger partial charge in [-0.2, -0.15) is 0 Å². The number of fused-ring (bicyclic) bond motifs is 1. The van der Waals surface area contributed by atoms with Gasteiger partial charge in [-0.25, -0.2) is 4.98 Å². The van der Waals surface area contributed by atoms with Gasteiger partial charge in [-0.3, -0.25) is 4.79 Å². The number of carbonyl (C=O) groups excluding carboxylic acids is 1. The summed E-state index contributed by atoms with van der Waals surface area (Å²) in [6, 6.07) is 3.59. The SMILES string of the molecule is CCO[C@@H]1CSC2(C1)CN(C(=O)c1cn3cc(Cl)ccc3n1)C2. The first kappa shape index (κ1) is 15.3. The molecule has 0 unspecified atom stereocenters. The van der Waals surface area contributed by atoms with Gasteiger partial charge in [0.05, 0.1) is 15.9 Å². The number of likely N-dealkylation sites (tertiary alicyclic amines) is 1. The molecular formula is C16H18ClN3O2S. The van der Waals surface area contributed by atoms with E-state index in [0.717, 1.165) is 37.5 Å². The average Bonchev–Trinajstić information content (AvgIpc) is 3.09. The van der Waals surface area contributed by atoms with E-state index in [4.69, 9.17) is 16.3 Å². The van der Waals surface area contributed by atoms with E-state index in [9.17, 15) is 4.79 Å². The van der Waals surface area contributed by atoms with Gasteiger partial charge in [-0.05, 0) is 25.5 Å². The molecule has 23 heavy (non-hydrogen) atoms. The fraction of sp³-hybridized carbons (Fsp3) is 0.500. The van der Waals surface area contributed by atoms with E-state index in [1.165, 1.54) is 0 Å². The van der Waals surface area contributed by atoms with Crippen LogP contribution in [-0.4, -0.2) is 56.5 Å². The molecule has 2 aliphatic rings. The van der Waals surface area contributed by atoms with Crippen LogP contribution >= 0.6 is 23.4 Å². The van der Waals surface area contributed by atoms with Crippen LogP contribution in [0.2, 0.25) is 5.02 Å². The lowest BCUT2D eigenvalue weighted by Crippen LogP contribution is -2.60. The maximum Gasteiger partial charge on any atom is 0.274 e. The second-order valence-corrected chi connectivity index (χ2v) is 8.10. The lowest BCUT2D eigenvalue weighted by atomic mass is 9.92. The number of nitrogens with zero attached hydrogens (tertiary/aromatic N) is 3. The van der Waals surface area contributed by atoms with Crippen molar-refractivity contribution in [1.29, 1.82) is 0 Å². The first-order chi connectivity index (χ1) is 11.1. The van der Waals surface area contributed by atoms with Gasteiger partial charge in [0.2, 0.25) is 0 Å². The van der Waals surface area contributed by atoms with Gasteiger partial charge in [-0.1, -0.05) is 11.6 Å². The summed E-state index contributed by atoms with van der Waals surface area (Å²) in [5.41, 5.74) is 1.21. The van der Waals surface area contributed by atoms with E-state index in [-0.39, 0.29) is 10.7 Å². The Morgan fingerprint density at radius 2 is 2.30 bits per heavy atom. The molecule has 0 aliphatic carbocycles. The normalized spacial score (nSPS) is 22.7. The van der Waals surface area contributed by atoms with Gasteiger partial charge in [0.25, 0.3) is 5.91 Å². The molecule has 1 atom stereocenters. The van der Waals surface area contributed by atoms with E-state index in [0.29, 0.717) is 16.8 Å². The zero-order valence-corrected chi connectivity index (χ0v) is 14.4. The molecule has 2 aromatic heterocycles. The lowest BCUT2D eigenvalue weighted by Gasteiger charge is -2.47. The monoisotopic (exact) mass is 351 g/mol. The number of pyridine rings is 1. The maximum absolute atomic E-state index is 12.6. The van der Waals surface area contributed by atoms with Crippen molar-refractivity contribution in [2.45, 2.75) is 24.2 Å². The summed E-state index contributed by atoms with van der Waals surface area (Å²) in [4.78, 5) is 18.9. The Bertz CT molecular complexity index is 757. The molecule has 5 nitrogen and oxygen atoms in total. The van der Waals surface area contributed by atoms with E-state index in [2.05, 4.69) is 4.98 Å². The van der Waals surface area contributed by atoms with Crippen LogP contribution in [0, 0.1) is 0 Å². The van der Waals surface area contributed by atoms with Crippen molar-refractivity contribution in [2.24, 2.45) is 0 Å². The van der Waals surface area contributed by atoms with Crippen LogP contribution in [0.1, 0.15) is 23.8 Å². The molecule has 0 aromatic carbocycles. The molecule has 122 valence electrons. The van der Waals surface area contributed by atoms with Gasteiger partial charge < -0.3 is 14.0 Å². The van der Waals surface area contributed by atoms with Gasteiger partial charge in [0.15, 0.2) is 0 Å². The highest BCUT2D eigenvalue weighted by atomic mass is 35.5. The van der Waals surface area contributed by atoms with Crippen molar-refractivity contribution in [1.82, 2.24) is 14.3 Å². The van der Waals surface area contributed by atoms with Crippen molar-refractivity contribution in [2.75, 3.05) is 25.4 Å². The highest BCUT2D eigenvalue weighted by Crippen LogP contribution is 2.46. The first-order valence-electron chi connectivity index (χ1n) is 7.78. The molecule has 2 aromatic rings. The van der Waals surface area contributed by atoms with Crippen molar-refractivity contribution in [3.63, 3.8) is 0 Å². The molecule has 2 saturated heterocycles. The van der Waals surface area contributed by atoms with Crippen molar-refractivity contribution in [3.05, 3.63) is 35.2 Å². The summed E-state index contributed by atoms with van der Waals surface area (Å²) in [6.45, 7) is 4.36. The Kier molecular flexibility index (Phi) is 3.78. The topological polar surface area (TPSA) is 46.8 Å². The molecule has 4 rings (SSSR count). The Balaban J connectivity index is 1.44. The number of ether oxygens (including phenoxy) is 1. The van der Waals surface area contributed by atoms with Crippen LogP contribution in [0.5, 0.6) is 0 Å². The quantitative estimate of drug-likeness (QED) is 0.853. The number of amides is 1. The first-order valence-corrected chi connectivity index (χ1v) is 9.14. The van der Waals surface area contributed by atoms with Crippen LogP contribution in [0.4, 0.5) is 0 Å². The average molecular weight is 352 g/mol. The Morgan fingerprint density at radius 3 is 3.09 bits per heavy atom. The lowest BCUT2D eigenvalue weighted by molar-refractivity contribution is 0.0356. The number of thioether (sulfide) groups is 1. The van der Waals surface area contributed by atoms with Crippen LogP contribution in [0.3, 0.4) is 0 Å². The van der Waals surface area contributed by atoms with Gasteiger partial charge in [0, 0.05) is 37.8 Å². The zero-order valence-electron chi connectivity index (χ0n) is 12.9. The van der Waals surface area contributed by atoms with Crippen LogP contribution in [0.15, 0.2) is 24.5 Å². The number of rotatable bonds is 3. The second kappa shape index (κ2) is 5.69. The summed E-state index contributed by atoms with van der Waals surface area (Å²) >= 11 is 7.91. The smallest absolute Gasteiger partial charge is 0.274 e. The number of hydrogen-bond donors (Lipinski definition) is 0. The van der Waals surface area contributed by atoms with Gasteiger partial charge in [0.1, 0.15) is 11.3 Å². The number of imidazole rings is 1. The number of aromatic nitrogens is 2. The summed E-state index contributed by atoms with van der Waals surface area (Å²) < 4.78 is 7.70. The molecule has 2 fully saturated rings. The molecular weight excluding hydrogens is 334 g/mol. The Labute approximate surface area is 144 Å². The predicted octanol–water partition coefficient (Wildman–Crippen LogP) is 2.72. The predicted molar refractivity (Wildman–Crippen MR) is 91.3 cm³/mol. The molecule has 1 spiro atoms. The number of carbonyl (C=O) groups is 1. The molecule has 2 aliphatic heterocycles. The Morgan fingerprint density at radius 1 is 1.48 bits per heavy atom. The van der Waals surface area contributed by atoms with Crippen molar-refractivity contribution >= 4 is 34.9 Å². The summed E-state index contributed by atoms with van der Waals surface area (Å²) in [7, 11) is 0. The standard InChI is InChI=1S/C16H18ClN3O2S/c1-2-22-12-5-16(23-8-12)9-20(10-16)15(21)13-7-19-6-11(17)3-4-14(19)18-13/h3-4,6-7,12H,2,5,8-10H2,1H3/t12-/m0/s1. The van der Waals surface area contributed by atoms with Crippen LogP contribution in [-0.2, 0) is 4.74 Å². The van der Waals surface area contributed by atoms with Gasteiger partial charge in [-0.15, -0.1) is 11.8 Å². The van der Waals surface area contributed by atoms with Crippen molar-refractivity contribution in [3.8, 4) is 0 Å². The minimum atomic E-state index is -0.00379. The minimum absolute atomic E-state index is 0.00379. The highest BCUT2D eigenvalue weighted by molar-refractivity contribution is 8.01. The summed E-state index contributed by atoms with van der Waals surface area (Å²) in [5.74, 6) is 1.03. The van der Waals surface area contributed by atoms with E-state index in [1.54, 1.807) is 22.9 Å². The molecule has 0 radical (unpaired) electrons. The van der Waals surface area contributed by atoms with E-state index in [1.807, 2.05) is 29.7 Å². The van der Waals surface area contributed by atoms with Crippen molar-refractivity contribution < 1.29 is 9.53 Å². The Hall–Kier alpha value is -1.24. The fourth-order valence-corrected chi connectivity index (χ4v) is 5.11. The third-order valence-corrected chi connectivity index (χ3v) is 6.26. The molecule has 4 heterocycles. The molecule has 0 bridgehead atoms. The molecule has 7 heteroatoms. The second-order valence-electron chi connectivity index (χ2n) is 6.18. The van der Waals surface area contributed by atoms with Gasteiger partial charge >= 0.3 is 0 Å². The minimum Gasteiger partial charge on any atom is -0.378 e. The largest absolute Gasteiger partial charge is 0.378 e. The maximum atomic E-state index is 12.6. The third kappa shape index (κ3) is 2.73. The third-order valence-electron chi connectivity index (χ3n) is 4.46.